The molecule has 3 rings (SSSR count). The fourth-order valence-corrected chi connectivity index (χ4v) is 3.74. The molecule has 0 N–H and O–H groups in total. The van der Waals surface area contributed by atoms with Gasteiger partial charge in [0.15, 0.2) is 0 Å². The highest BCUT2D eigenvalue weighted by Crippen LogP contribution is 2.33. The Morgan fingerprint density at radius 3 is 3.10 bits per heavy atom. The van der Waals surface area contributed by atoms with Crippen molar-refractivity contribution >= 4 is 17.2 Å². The highest BCUT2D eigenvalue weighted by molar-refractivity contribution is 7.09. The largest absolute Gasteiger partial charge is 0.337 e. The lowest BCUT2D eigenvalue weighted by molar-refractivity contribution is -0.135. The molecule has 5 nitrogen and oxygen atoms in total. The van der Waals surface area contributed by atoms with Gasteiger partial charge in [0, 0.05) is 43.0 Å². The number of carbonyl (C=O) groups is 1. The third kappa shape index (κ3) is 3.32. The molecular formula is C15H20N4OS. The smallest absolute Gasteiger partial charge is 0.224 e. The summed E-state index contributed by atoms with van der Waals surface area (Å²) in [5.74, 6) is 0.223. The Morgan fingerprint density at radius 2 is 2.38 bits per heavy atom. The number of aryl methyl sites for hydroxylation is 2. The van der Waals surface area contributed by atoms with Crippen LogP contribution in [0, 0.1) is 6.92 Å². The molecule has 1 aliphatic heterocycles. The van der Waals surface area contributed by atoms with Gasteiger partial charge in [-0.05, 0) is 26.2 Å². The van der Waals surface area contributed by atoms with Gasteiger partial charge >= 0.3 is 0 Å². The van der Waals surface area contributed by atoms with E-state index in [1.807, 2.05) is 22.6 Å². The number of thiazole rings is 1. The zero-order chi connectivity index (χ0) is 14.7. The van der Waals surface area contributed by atoms with Gasteiger partial charge in [0.05, 0.1) is 12.4 Å². The molecule has 0 saturated carbocycles. The van der Waals surface area contributed by atoms with E-state index in [2.05, 4.69) is 15.3 Å². The van der Waals surface area contributed by atoms with E-state index in [-0.39, 0.29) is 11.9 Å². The predicted molar refractivity (Wildman–Crippen MR) is 82.0 cm³/mol. The highest BCUT2D eigenvalue weighted by atomic mass is 32.1. The van der Waals surface area contributed by atoms with E-state index >= 15 is 0 Å². The van der Waals surface area contributed by atoms with Gasteiger partial charge in [-0.25, -0.2) is 9.97 Å². The van der Waals surface area contributed by atoms with Crippen molar-refractivity contribution in [2.75, 3.05) is 6.54 Å². The zero-order valence-corrected chi connectivity index (χ0v) is 13.1. The quantitative estimate of drug-likeness (QED) is 0.872. The van der Waals surface area contributed by atoms with E-state index in [0.29, 0.717) is 13.0 Å². The molecular weight excluding hydrogens is 284 g/mol. The summed E-state index contributed by atoms with van der Waals surface area (Å²) in [6.07, 6.45) is 9.22. The van der Waals surface area contributed by atoms with Crippen molar-refractivity contribution in [1.82, 2.24) is 19.4 Å². The lowest BCUT2D eigenvalue weighted by atomic mass is 10.0. The number of amides is 1. The topological polar surface area (TPSA) is 51.0 Å². The third-order valence-electron chi connectivity index (χ3n) is 3.89. The molecule has 3 heterocycles. The van der Waals surface area contributed by atoms with Gasteiger partial charge < -0.3 is 9.47 Å². The monoisotopic (exact) mass is 304 g/mol. The van der Waals surface area contributed by atoms with Gasteiger partial charge in [-0.15, -0.1) is 11.3 Å². The summed E-state index contributed by atoms with van der Waals surface area (Å²) < 4.78 is 1.95. The minimum absolute atomic E-state index is 0.174. The van der Waals surface area contributed by atoms with Crippen LogP contribution < -0.4 is 0 Å². The summed E-state index contributed by atoms with van der Waals surface area (Å²) in [6, 6.07) is 0.174. The average molecular weight is 304 g/mol. The van der Waals surface area contributed by atoms with Crippen LogP contribution in [-0.2, 0) is 11.3 Å². The van der Waals surface area contributed by atoms with Crippen LogP contribution in [0.1, 0.15) is 42.4 Å². The predicted octanol–water partition coefficient (Wildman–Crippen LogP) is 2.79. The maximum atomic E-state index is 12.6. The second-order valence-electron chi connectivity index (χ2n) is 5.48. The number of hydrogen-bond donors (Lipinski definition) is 0. The number of hydrogen-bond acceptors (Lipinski definition) is 4. The number of likely N-dealkylation sites (tertiary alicyclic amines) is 1. The van der Waals surface area contributed by atoms with E-state index in [1.54, 1.807) is 23.9 Å². The molecule has 1 saturated heterocycles. The van der Waals surface area contributed by atoms with Crippen molar-refractivity contribution in [2.45, 2.75) is 45.2 Å². The zero-order valence-electron chi connectivity index (χ0n) is 12.2. The van der Waals surface area contributed by atoms with Crippen molar-refractivity contribution in [2.24, 2.45) is 0 Å². The second-order valence-corrected chi connectivity index (χ2v) is 6.37. The summed E-state index contributed by atoms with van der Waals surface area (Å²) in [6.45, 7) is 3.55. The first-order valence-corrected chi connectivity index (χ1v) is 8.29. The molecule has 2 aromatic heterocycles. The first-order chi connectivity index (χ1) is 10.2. The number of carbonyl (C=O) groups excluding carboxylic acids is 1. The standard InChI is InChI=1S/C15H20N4OS/c1-12-10-21-15(17-12)13-4-2-3-7-19(13)14(20)5-8-18-9-6-16-11-18/h6,9-11,13H,2-5,7-8H2,1H3/t13-/m1/s1. The molecule has 0 aliphatic carbocycles. The Hall–Kier alpha value is -1.69. The Kier molecular flexibility index (Phi) is 4.34. The van der Waals surface area contributed by atoms with Crippen LogP contribution in [0.2, 0.25) is 0 Å². The molecule has 0 radical (unpaired) electrons. The van der Waals surface area contributed by atoms with E-state index < -0.39 is 0 Å². The van der Waals surface area contributed by atoms with Crippen molar-refractivity contribution in [3.63, 3.8) is 0 Å². The van der Waals surface area contributed by atoms with Crippen LogP contribution in [0.4, 0.5) is 0 Å². The molecule has 0 bridgehead atoms. The molecule has 1 amide bonds. The summed E-state index contributed by atoms with van der Waals surface area (Å²) in [4.78, 5) is 23.2. The summed E-state index contributed by atoms with van der Waals surface area (Å²) in [5.41, 5.74) is 1.05. The van der Waals surface area contributed by atoms with E-state index in [1.165, 1.54) is 6.42 Å². The van der Waals surface area contributed by atoms with Gasteiger partial charge in [0.2, 0.25) is 5.91 Å². The van der Waals surface area contributed by atoms with Gasteiger partial charge in [-0.2, -0.15) is 0 Å². The van der Waals surface area contributed by atoms with Crippen LogP contribution in [0.3, 0.4) is 0 Å². The minimum atomic E-state index is 0.174. The molecule has 21 heavy (non-hydrogen) atoms. The van der Waals surface area contributed by atoms with Gasteiger partial charge in [0.25, 0.3) is 0 Å². The number of nitrogens with zero attached hydrogens (tertiary/aromatic N) is 4. The Balaban J connectivity index is 1.67. The number of imidazole rings is 1. The van der Waals surface area contributed by atoms with Crippen molar-refractivity contribution in [3.05, 3.63) is 34.8 Å². The Morgan fingerprint density at radius 1 is 1.48 bits per heavy atom. The first kappa shape index (κ1) is 14.3. The second kappa shape index (κ2) is 6.39. The molecule has 0 spiro atoms. The van der Waals surface area contributed by atoms with Crippen molar-refractivity contribution in [3.8, 4) is 0 Å². The van der Waals surface area contributed by atoms with E-state index in [0.717, 1.165) is 30.1 Å². The Bertz CT molecular complexity index is 593. The van der Waals surface area contributed by atoms with E-state index in [4.69, 9.17) is 0 Å². The molecule has 1 fully saturated rings. The van der Waals surface area contributed by atoms with Crippen LogP contribution in [0.5, 0.6) is 0 Å². The maximum absolute atomic E-state index is 12.6. The lowest BCUT2D eigenvalue weighted by Crippen LogP contribution is -2.38. The van der Waals surface area contributed by atoms with Crippen LogP contribution in [0.25, 0.3) is 0 Å². The molecule has 112 valence electrons. The van der Waals surface area contributed by atoms with Crippen LogP contribution >= 0.6 is 11.3 Å². The number of rotatable bonds is 4. The Labute approximate surface area is 128 Å². The molecule has 6 heteroatoms. The van der Waals surface area contributed by atoms with Crippen LogP contribution in [0.15, 0.2) is 24.1 Å². The normalized spacial score (nSPS) is 18.9. The van der Waals surface area contributed by atoms with Crippen molar-refractivity contribution in [1.29, 1.82) is 0 Å². The van der Waals surface area contributed by atoms with Gasteiger partial charge in [-0.1, -0.05) is 0 Å². The summed E-state index contributed by atoms with van der Waals surface area (Å²) in [7, 11) is 0. The SMILES string of the molecule is Cc1csc([C@H]2CCCCN2C(=O)CCn2ccnc2)n1. The minimum Gasteiger partial charge on any atom is -0.337 e. The molecule has 1 atom stereocenters. The summed E-state index contributed by atoms with van der Waals surface area (Å²) in [5, 5.41) is 3.15. The highest BCUT2D eigenvalue weighted by Gasteiger charge is 2.29. The average Bonchev–Trinajstić information content (AvgIpc) is 3.16. The van der Waals surface area contributed by atoms with Crippen molar-refractivity contribution < 1.29 is 4.79 Å². The first-order valence-electron chi connectivity index (χ1n) is 7.41. The molecule has 1 aliphatic rings. The van der Waals surface area contributed by atoms with Gasteiger partial charge in [-0.3, -0.25) is 4.79 Å². The number of aromatic nitrogens is 3. The maximum Gasteiger partial charge on any atom is 0.224 e. The molecule has 2 aromatic rings. The van der Waals surface area contributed by atoms with E-state index in [9.17, 15) is 4.79 Å². The fourth-order valence-electron chi connectivity index (χ4n) is 2.80. The lowest BCUT2D eigenvalue weighted by Gasteiger charge is -2.34. The molecule has 0 unspecified atom stereocenters. The number of piperidine rings is 1. The fraction of sp³-hybridized carbons (Fsp3) is 0.533. The van der Waals surface area contributed by atoms with Crippen LogP contribution in [-0.4, -0.2) is 31.9 Å². The molecule has 0 aromatic carbocycles. The summed E-state index contributed by atoms with van der Waals surface area (Å²) >= 11 is 1.67. The third-order valence-corrected chi connectivity index (χ3v) is 4.95. The van der Waals surface area contributed by atoms with Gasteiger partial charge in [0.1, 0.15) is 5.01 Å².